The number of amides is 1. The molecular weight excluding hydrogens is 637 g/mol. The standard InChI is InChI=1S/C28H56INO10/c1-28(2,3)40-27(31)30(4)10-12-33-14-16-35-18-20-37-22-24-39-26-25-38-23-21-36-19-17-34-15-13-32-11-8-6-5-7-9-29/h5-26H2,1-4H3. The van der Waals surface area contributed by atoms with Crippen molar-refractivity contribution >= 4 is 28.7 Å². The number of likely N-dealkylation sites (N-methyl/N-ethyl adjacent to an activating group) is 1. The van der Waals surface area contributed by atoms with Gasteiger partial charge in [0, 0.05) is 20.2 Å². The number of carbonyl (C=O) groups excluding carboxylic acids is 1. The van der Waals surface area contributed by atoms with Gasteiger partial charge >= 0.3 is 6.09 Å². The molecule has 0 aromatic rings. The Bertz CT molecular complexity index is 540. The van der Waals surface area contributed by atoms with E-state index in [2.05, 4.69) is 22.6 Å². The van der Waals surface area contributed by atoms with E-state index in [4.69, 9.17) is 42.6 Å². The summed E-state index contributed by atoms with van der Waals surface area (Å²) in [6.45, 7) is 14.6. The van der Waals surface area contributed by atoms with Crippen LogP contribution in [0.2, 0.25) is 0 Å². The van der Waals surface area contributed by atoms with Gasteiger partial charge in [-0.15, -0.1) is 0 Å². The minimum atomic E-state index is -0.502. The monoisotopic (exact) mass is 693 g/mol. The third-order valence-electron chi connectivity index (χ3n) is 5.05. The lowest BCUT2D eigenvalue weighted by molar-refractivity contribution is -0.0236. The molecule has 1 amide bonds. The molecule has 0 radical (unpaired) electrons. The first-order chi connectivity index (χ1) is 19.4. The Balaban J connectivity index is 3.15. The van der Waals surface area contributed by atoms with Crippen LogP contribution in [-0.2, 0) is 42.6 Å². The highest BCUT2D eigenvalue weighted by Crippen LogP contribution is 2.08. The number of hydrogen-bond donors (Lipinski definition) is 0. The quantitative estimate of drug-likeness (QED) is 0.0624. The van der Waals surface area contributed by atoms with E-state index in [1.54, 1.807) is 7.05 Å². The fourth-order valence-corrected chi connectivity index (χ4v) is 3.47. The Morgan fingerprint density at radius 3 is 1.20 bits per heavy atom. The molecule has 0 aromatic carbocycles. The smallest absolute Gasteiger partial charge is 0.410 e. The topological polar surface area (TPSA) is 103 Å². The molecule has 0 saturated heterocycles. The van der Waals surface area contributed by atoms with Gasteiger partial charge in [-0.2, -0.15) is 0 Å². The van der Waals surface area contributed by atoms with Crippen molar-refractivity contribution in [3.63, 3.8) is 0 Å². The molecule has 240 valence electrons. The Morgan fingerprint density at radius 1 is 0.525 bits per heavy atom. The van der Waals surface area contributed by atoms with Crippen LogP contribution in [0.4, 0.5) is 4.79 Å². The summed E-state index contributed by atoms with van der Waals surface area (Å²) in [4.78, 5) is 13.3. The van der Waals surface area contributed by atoms with Gasteiger partial charge in [-0.3, -0.25) is 0 Å². The molecule has 40 heavy (non-hydrogen) atoms. The van der Waals surface area contributed by atoms with E-state index in [0.717, 1.165) is 13.0 Å². The van der Waals surface area contributed by atoms with Crippen LogP contribution in [0.5, 0.6) is 0 Å². The third kappa shape index (κ3) is 32.2. The molecule has 0 spiro atoms. The zero-order valence-corrected chi connectivity index (χ0v) is 27.6. The third-order valence-corrected chi connectivity index (χ3v) is 5.82. The van der Waals surface area contributed by atoms with Gasteiger partial charge < -0.3 is 47.5 Å². The SMILES string of the molecule is CN(CCOCCOCCOCCOCCOCCOCCOCCOCCCCCCI)C(=O)OC(C)(C)C. The predicted octanol–water partition coefficient (Wildman–Crippen LogP) is 3.98. The van der Waals surface area contributed by atoms with Crippen LogP contribution in [0.1, 0.15) is 46.5 Å². The van der Waals surface area contributed by atoms with Crippen molar-refractivity contribution in [2.75, 3.05) is 124 Å². The van der Waals surface area contributed by atoms with Crippen molar-refractivity contribution in [3.05, 3.63) is 0 Å². The molecule has 11 nitrogen and oxygen atoms in total. The first-order valence-electron chi connectivity index (χ1n) is 14.5. The van der Waals surface area contributed by atoms with Crippen molar-refractivity contribution in [2.45, 2.75) is 52.1 Å². The van der Waals surface area contributed by atoms with Crippen LogP contribution in [0.3, 0.4) is 0 Å². The first kappa shape index (κ1) is 39.7. The predicted molar refractivity (Wildman–Crippen MR) is 163 cm³/mol. The van der Waals surface area contributed by atoms with E-state index in [1.807, 2.05) is 20.8 Å². The molecule has 0 aromatic heterocycles. The molecule has 0 aliphatic carbocycles. The summed E-state index contributed by atoms with van der Waals surface area (Å²) in [5, 5.41) is 0. The normalized spacial score (nSPS) is 11.7. The lowest BCUT2D eigenvalue weighted by Gasteiger charge is -2.24. The van der Waals surface area contributed by atoms with E-state index in [1.165, 1.54) is 28.6 Å². The van der Waals surface area contributed by atoms with Crippen molar-refractivity contribution in [1.29, 1.82) is 0 Å². The van der Waals surface area contributed by atoms with E-state index >= 15 is 0 Å². The zero-order chi connectivity index (χ0) is 29.6. The van der Waals surface area contributed by atoms with Crippen LogP contribution in [0.15, 0.2) is 0 Å². The number of carbonyl (C=O) groups is 1. The number of unbranched alkanes of at least 4 members (excludes halogenated alkanes) is 3. The van der Waals surface area contributed by atoms with Crippen molar-refractivity contribution in [2.24, 2.45) is 0 Å². The maximum Gasteiger partial charge on any atom is 0.410 e. The molecule has 0 atom stereocenters. The van der Waals surface area contributed by atoms with Crippen LogP contribution in [-0.4, -0.2) is 140 Å². The molecule has 0 heterocycles. The maximum atomic E-state index is 11.8. The largest absolute Gasteiger partial charge is 0.444 e. The lowest BCUT2D eigenvalue weighted by atomic mass is 10.2. The molecule has 0 bridgehead atoms. The fourth-order valence-electron chi connectivity index (χ4n) is 2.93. The summed E-state index contributed by atoms with van der Waals surface area (Å²) in [6, 6.07) is 0. The highest BCUT2D eigenvalue weighted by Gasteiger charge is 2.19. The minimum absolute atomic E-state index is 0.358. The lowest BCUT2D eigenvalue weighted by Crippen LogP contribution is -2.36. The summed E-state index contributed by atoms with van der Waals surface area (Å²) < 4.78 is 50.4. The van der Waals surface area contributed by atoms with Crippen LogP contribution < -0.4 is 0 Å². The summed E-state index contributed by atoms with van der Waals surface area (Å²) in [5.41, 5.74) is -0.502. The number of alkyl halides is 1. The van der Waals surface area contributed by atoms with Crippen LogP contribution in [0, 0.1) is 0 Å². The molecule has 0 N–H and O–H groups in total. The van der Waals surface area contributed by atoms with Gasteiger partial charge in [-0.1, -0.05) is 35.4 Å². The minimum Gasteiger partial charge on any atom is -0.444 e. The van der Waals surface area contributed by atoms with Crippen LogP contribution >= 0.6 is 22.6 Å². The Labute approximate surface area is 256 Å². The highest BCUT2D eigenvalue weighted by molar-refractivity contribution is 14.1. The second kappa shape index (κ2) is 30.1. The van der Waals surface area contributed by atoms with E-state index in [0.29, 0.717) is 106 Å². The van der Waals surface area contributed by atoms with Gasteiger partial charge in [0.05, 0.1) is 99.1 Å². The van der Waals surface area contributed by atoms with Crippen molar-refractivity contribution in [1.82, 2.24) is 4.90 Å². The Morgan fingerprint density at radius 2 is 0.850 bits per heavy atom. The van der Waals surface area contributed by atoms with Crippen molar-refractivity contribution in [3.8, 4) is 0 Å². The average molecular weight is 694 g/mol. The van der Waals surface area contributed by atoms with Gasteiger partial charge in [-0.25, -0.2) is 4.79 Å². The number of halogens is 1. The number of hydrogen-bond acceptors (Lipinski definition) is 10. The second-order valence-electron chi connectivity index (χ2n) is 9.90. The Hall–Kier alpha value is -0.320. The van der Waals surface area contributed by atoms with Gasteiger partial charge in [-0.05, 0) is 38.0 Å². The molecule has 0 unspecified atom stereocenters. The fraction of sp³-hybridized carbons (Fsp3) is 0.964. The first-order valence-corrected chi connectivity index (χ1v) is 16.0. The van der Waals surface area contributed by atoms with Gasteiger partial charge in [0.2, 0.25) is 0 Å². The molecule has 12 heteroatoms. The molecule has 0 aliphatic rings. The summed E-state index contributed by atoms with van der Waals surface area (Å²) >= 11 is 2.42. The van der Waals surface area contributed by atoms with Gasteiger partial charge in [0.1, 0.15) is 5.60 Å². The summed E-state index contributed by atoms with van der Waals surface area (Å²) in [5.74, 6) is 0. The van der Waals surface area contributed by atoms with Crippen LogP contribution in [0.25, 0.3) is 0 Å². The average Bonchev–Trinajstić information content (AvgIpc) is 2.91. The van der Waals surface area contributed by atoms with Gasteiger partial charge in [0.25, 0.3) is 0 Å². The second-order valence-corrected chi connectivity index (χ2v) is 11.0. The maximum absolute atomic E-state index is 11.8. The van der Waals surface area contributed by atoms with Crippen molar-refractivity contribution < 1.29 is 47.4 Å². The molecular formula is C28H56INO10. The van der Waals surface area contributed by atoms with E-state index in [9.17, 15) is 4.79 Å². The van der Waals surface area contributed by atoms with Gasteiger partial charge in [0.15, 0.2) is 0 Å². The Kier molecular flexibility index (Phi) is 29.9. The number of nitrogens with zero attached hydrogens (tertiary/aromatic N) is 1. The zero-order valence-electron chi connectivity index (χ0n) is 25.5. The highest BCUT2D eigenvalue weighted by atomic mass is 127. The number of ether oxygens (including phenoxy) is 9. The van der Waals surface area contributed by atoms with E-state index < -0.39 is 5.60 Å². The molecule has 0 fully saturated rings. The molecule has 0 aliphatic heterocycles. The number of rotatable bonds is 30. The summed E-state index contributed by atoms with van der Waals surface area (Å²) in [7, 11) is 1.69. The molecule has 0 rings (SSSR count). The van der Waals surface area contributed by atoms with E-state index in [-0.39, 0.29) is 6.09 Å². The summed E-state index contributed by atoms with van der Waals surface area (Å²) in [6.07, 6.45) is 4.62. The molecule has 0 saturated carbocycles.